The summed E-state index contributed by atoms with van der Waals surface area (Å²) in [5.74, 6) is 0.0870. The van der Waals surface area contributed by atoms with Crippen molar-refractivity contribution in [1.82, 2.24) is 9.13 Å². The second-order valence-electron chi connectivity index (χ2n) is 12.5. The van der Waals surface area contributed by atoms with E-state index in [4.69, 9.17) is 15.9 Å². The highest BCUT2D eigenvalue weighted by Gasteiger charge is 2.29. The summed E-state index contributed by atoms with van der Waals surface area (Å²) in [4.78, 5) is 0. The van der Waals surface area contributed by atoms with Crippen LogP contribution in [0.15, 0.2) is 138 Å². The lowest BCUT2D eigenvalue weighted by atomic mass is 9.86. The first-order valence-electron chi connectivity index (χ1n) is 16.0. The van der Waals surface area contributed by atoms with Crippen LogP contribution in [-0.2, 0) is 6.42 Å². The number of anilines is 2. The smallest absolute Gasteiger partial charge is 0.145 e. The topological polar surface area (TPSA) is 75.0 Å². The molecule has 47 heavy (non-hydrogen) atoms. The van der Waals surface area contributed by atoms with Gasteiger partial charge in [-0.15, -0.1) is 0 Å². The molecule has 0 aliphatic heterocycles. The van der Waals surface area contributed by atoms with E-state index in [0.29, 0.717) is 0 Å². The monoisotopic (exact) mass is 606 g/mol. The Morgan fingerprint density at radius 2 is 1.38 bits per heavy atom. The Morgan fingerprint density at radius 3 is 2.28 bits per heavy atom. The van der Waals surface area contributed by atoms with Gasteiger partial charge >= 0.3 is 0 Å². The average molecular weight is 607 g/mol. The molecule has 10 rings (SSSR count). The van der Waals surface area contributed by atoms with Crippen molar-refractivity contribution >= 4 is 72.1 Å². The molecule has 3 heterocycles. The number of fused-ring (bicyclic) bond motifs is 10. The first-order valence-corrected chi connectivity index (χ1v) is 16.0. The zero-order chi connectivity index (χ0) is 31.2. The maximum atomic E-state index is 6.92. The predicted molar refractivity (Wildman–Crippen MR) is 196 cm³/mol. The van der Waals surface area contributed by atoms with Gasteiger partial charge in [0, 0.05) is 50.1 Å². The first kappa shape index (κ1) is 26.1. The van der Waals surface area contributed by atoms with E-state index in [2.05, 4.69) is 130 Å². The summed E-state index contributed by atoms with van der Waals surface area (Å²) in [6.45, 7) is 0. The van der Waals surface area contributed by atoms with Crippen molar-refractivity contribution in [2.24, 2.45) is 0 Å². The molecule has 0 spiro atoms. The van der Waals surface area contributed by atoms with Crippen molar-refractivity contribution in [2.45, 2.75) is 12.3 Å². The number of nitrogens with two attached hydrogens (primary N) is 2. The number of benzene rings is 6. The largest absolute Gasteiger partial charge is 0.455 e. The van der Waals surface area contributed by atoms with Crippen molar-refractivity contribution in [1.29, 1.82) is 0 Å². The molecule has 5 heteroatoms. The maximum absolute atomic E-state index is 6.92. The number of hydrogen-bond acceptors (Lipinski definition) is 3. The molecule has 0 radical (unpaired) electrons. The lowest BCUT2D eigenvalue weighted by Crippen LogP contribution is -2.13. The molecule has 0 saturated carbocycles. The number of allylic oxidation sites excluding steroid dienone is 1. The average Bonchev–Trinajstić information content (AvgIpc) is 3.75. The molecule has 1 atom stereocenters. The number of furan rings is 1. The van der Waals surface area contributed by atoms with E-state index in [1.807, 2.05) is 18.2 Å². The second kappa shape index (κ2) is 9.65. The van der Waals surface area contributed by atoms with Gasteiger partial charge in [-0.05, 0) is 72.6 Å². The zero-order valence-electron chi connectivity index (χ0n) is 25.5. The number of nitrogens with zero attached hydrogens (tertiary/aromatic N) is 2. The first-order chi connectivity index (χ1) is 23.2. The Balaban J connectivity index is 1.23. The van der Waals surface area contributed by atoms with Gasteiger partial charge in [-0.1, -0.05) is 78.9 Å². The Morgan fingerprint density at radius 1 is 0.617 bits per heavy atom. The Kier molecular flexibility index (Phi) is 5.35. The van der Waals surface area contributed by atoms with Crippen molar-refractivity contribution in [2.75, 3.05) is 11.5 Å². The fraction of sp³-hybridized carbons (Fsp3) is 0.0476. The van der Waals surface area contributed by atoms with Crippen molar-refractivity contribution in [3.8, 4) is 11.4 Å². The van der Waals surface area contributed by atoms with Crippen LogP contribution in [0.1, 0.15) is 22.7 Å². The van der Waals surface area contributed by atoms with E-state index in [9.17, 15) is 0 Å². The summed E-state index contributed by atoms with van der Waals surface area (Å²) in [5.41, 5.74) is 25.7. The number of nitrogen functional groups attached to an aromatic ring is 2. The van der Waals surface area contributed by atoms with Crippen LogP contribution in [0.2, 0.25) is 0 Å². The number of para-hydroxylation sites is 4. The number of hydrogen-bond donors (Lipinski definition) is 2. The van der Waals surface area contributed by atoms with Gasteiger partial charge in [0.1, 0.15) is 11.2 Å². The summed E-state index contributed by atoms with van der Waals surface area (Å²) in [6, 6.07) is 44.4. The molecule has 5 nitrogen and oxygen atoms in total. The molecule has 1 aliphatic carbocycles. The van der Waals surface area contributed by atoms with E-state index in [0.717, 1.165) is 83.8 Å². The van der Waals surface area contributed by atoms with E-state index < -0.39 is 0 Å². The van der Waals surface area contributed by atoms with Crippen molar-refractivity contribution in [3.05, 3.63) is 150 Å². The van der Waals surface area contributed by atoms with Crippen LogP contribution < -0.4 is 11.5 Å². The second-order valence-corrected chi connectivity index (χ2v) is 12.5. The molecular weight excluding hydrogens is 576 g/mol. The summed E-state index contributed by atoms with van der Waals surface area (Å²) in [5, 5.41) is 5.71. The normalized spacial score (nSPS) is 14.6. The van der Waals surface area contributed by atoms with Crippen LogP contribution in [0.5, 0.6) is 0 Å². The molecule has 0 bridgehead atoms. The fourth-order valence-electron chi connectivity index (χ4n) is 7.96. The Hall–Kier alpha value is -6.20. The van der Waals surface area contributed by atoms with Gasteiger partial charge in [0.25, 0.3) is 0 Å². The molecular formula is C42H30N4O. The SMILES string of the molecule is Nc1ccc2c(c1)c1ccccc1n2-c1c(N)cccc1C1C=Cc2c(n(-c3ccccc3)c3ccc4c5ccccc5oc4c23)C1. The zero-order valence-corrected chi connectivity index (χ0v) is 25.5. The van der Waals surface area contributed by atoms with Crippen LogP contribution >= 0.6 is 0 Å². The highest BCUT2D eigenvalue weighted by molar-refractivity contribution is 6.17. The predicted octanol–water partition coefficient (Wildman–Crippen LogP) is 10.1. The Labute approximate surface area is 270 Å². The molecule has 6 aromatic carbocycles. The van der Waals surface area contributed by atoms with Crippen LogP contribution in [-0.4, -0.2) is 9.13 Å². The number of aromatic nitrogens is 2. The summed E-state index contributed by atoms with van der Waals surface area (Å²) >= 11 is 0. The standard InChI is InChI=1S/C42H30N4O/c43-26-18-21-36-33(24-26)29-11-4-6-15-35(29)46(36)41-28(13-8-14-34(41)44)25-17-19-32-38(23-25)45(27-9-2-1-3-10-27)37-22-20-31-30-12-5-7-16-39(30)47-42(31)40(32)37/h1-22,24-25H,23,43-44H2. The molecule has 0 fully saturated rings. The van der Waals surface area contributed by atoms with E-state index in [1.165, 1.54) is 16.8 Å². The molecule has 9 aromatic rings. The molecule has 1 unspecified atom stereocenters. The van der Waals surface area contributed by atoms with Gasteiger partial charge < -0.3 is 25.0 Å². The van der Waals surface area contributed by atoms with Crippen molar-refractivity contribution in [3.63, 3.8) is 0 Å². The van der Waals surface area contributed by atoms with Crippen LogP contribution in [0.3, 0.4) is 0 Å². The molecule has 3 aromatic heterocycles. The highest BCUT2D eigenvalue weighted by atomic mass is 16.3. The van der Waals surface area contributed by atoms with Gasteiger partial charge in [-0.2, -0.15) is 0 Å². The third-order valence-electron chi connectivity index (χ3n) is 9.96. The minimum absolute atomic E-state index is 0.0870. The molecule has 0 saturated heterocycles. The van der Waals surface area contributed by atoms with Gasteiger partial charge in [-0.25, -0.2) is 0 Å². The van der Waals surface area contributed by atoms with Gasteiger partial charge in [0.2, 0.25) is 0 Å². The lowest BCUT2D eigenvalue weighted by molar-refractivity contribution is 0.672. The van der Waals surface area contributed by atoms with Crippen LogP contribution in [0, 0.1) is 0 Å². The van der Waals surface area contributed by atoms with E-state index in [1.54, 1.807) is 0 Å². The van der Waals surface area contributed by atoms with Gasteiger partial charge in [0.15, 0.2) is 0 Å². The maximum Gasteiger partial charge on any atom is 0.145 e. The third kappa shape index (κ3) is 3.65. The van der Waals surface area contributed by atoms with Gasteiger partial charge in [-0.3, -0.25) is 0 Å². The summed E-state index contributed by atoms with van der Waals surface area (Å²) in [7, 11) is 0. The quantitative estimate of drug-likeness (QED) is 0.197. The molecule has 4 N–H and O–H groups in total. The Bertz CT molecular complexity index is 2740. The lowest BCUT2D eigenvalue weighted by Gasteiger charge is -2.24. The molecule has 0 amide bonds. The summed E-state index contributed by atoms with van der Waals surface area (Å²) in [6.07, 6.45) is 5.46. The van der Waals surface area contributed by atoms with Crippen LogP contribution in [0.25, 0.3) is 72.1 Å². The fourth-order valence-corrected chi connectivity index (χ4v) is 7.96. The van der Waals surface area contributed by atoms with E-state index in [-0.39, 0.29) is 5.92 Å². The molecule has 1 aliphatic rings. The van der Waals surface area contributed by atoms with Crippen molar-refractivity contribution < 1.29 is 4.42 Å². The van der Waals surface area contributed by atoms with E-state index >= 15 is 0 Å². The minimum atomic E-state index is 0.0870. The minimum Gasteiger partial charge on any atom is -0.455 e. The third-order valence-corrected chi connectivity index (χ3v) is 9.96. The summed E-state index contributed by atoms with van der Waals surface area (Å²) < 4.78 is 11.3. The van der Waals surface area contributed by atoms with Gasteiger partial charge in [0.05, 0.1) is 33.3 Å². The van der Waals surface area contributed by atoms with Crippen LogP contribution in [0.4, 0.5) is 11.4 Å². The molecule has 224 valence electrons. The highest BCUT2D eigenvalue weighted by Crippen LogP contribution is 2.45. The number of rotatable bonds is 3.